The average Bonchev–Trinajstić information content (AvgIpc) is 2.69. The van der Waals surface area contributed by atoms with Crippen LogP contribution in [0.3, 0.4) is 0 Å². The van der Waals surface area contributed by atoms with Gasteiger partial charge in [-0.15, -0.1) is 0 Å². The van der Waals surface area contributed by atoms with Crippen molar-refractivity contribution in [2.24, 2.45) is 0 Å². The monoisotopic (exact) mass is 237 g/mol. The van der Waals surface area contributed by atoms with Crippen LogP contribution in [0, 0.1) is 0 Å². The summed E-state index contributed by atoms with van der Waals surface area (Å²) in [7, 11) is 0. The van der Waals surface area contributed by atoms with Gasteiger partial charge < -0.3 is 5.73 Å². The number of rotatable bonds is 1. The summed E-state index contributed by atoms with van der Waals surface area (Å²) in [5.41, 5.74) is 8.88. The van der Waals surface area contributed by atoms with Gasteiger partial charge in [-0.2, -0.15) is 16.9 Å². The Labute approximate surface area is 101 Å². The molecule has 0 radical (unpaired) electrons. The molecule has 0 amide bonds. The van der Waals surface area contributed by atoms with Crippen molar-refractivity contribution in [1.29, 1.82) is 0 Å². The van der Waals surface area contributed by atoms with Crippen LogP contribution in [0.5, 0.6) is 0 Å². The first-order valence-corrected chi connectivity index (χ1v) is 7.45. The third-order valence-corrected chi connectivity index (χ3v) is 4.81. The Balaban J connectivity index is 1.91. The fraction of sp³-hybridized carbons (Fsp3) is 0.750. The van der Waals surface area contributed by atoms with E-state index in [1.807, 2.05) is 0 Å². The predicted octanol–water partition coefficient (Wildman–Crippen LogP) is 2.41. The van der Waals surface area contributed by atoms with Crippen molar-refractivity contribution < 1.29 is 0 Å². The maximum atomic E-state index is 6.25. The van der Waals surface area contributed by atoms with Crippen LogP contribution < -0.4 is 5.73 Å². The first kappa shape index (κ1) is 10.5. The number of hydrogen-bond donors (Lipinski definition) is 1. The summed E-state index contributed by atoms with van der Waals surface area (Å²) in [6.45, 7) is 0. The lowest BCUT2D eigenvalue weighted by atomic mass is 9.98. The summed E-state index contributed by atoms with van der Waals surface area (Å²) in [6.07, 6.45) is 7.30. The highest BCUT2D eigenvalue weighted by molar-refractivity contribution is 7.99. The van der Waals surface area contributed by atoms with Crippen LogP contribution in [0.4, 0.5) is 5.82 Å². The van der Waals surface area contributed by atoms with E-state index in [-0.39, 0.29) is 0 Å². The number of nitrogen functional groups attached to an aromatic ring is 1. The molecule has 0 saturated carbocycles. The van der Waals surface area contributed by atoms with Gasteiger partial charge in [-0.25, -0.2) is 4.68 Å². The van der Waals surface area contributed by atoms with E-state index in [0.29, 0.717) is 6.04 Å². The summed E-state index contributed by atoms with van der Waals surface area (Å²) < 4.78 is 2.13. The molecule has 0 bridgehead atoms. The van der Waals surface area contributed by atoms with Crippen molar-refractivity contribution in [2.45, 2.75) is 44.6 Å². The molecular formula is C12H19N3S. The molecule has 1 aliphatic carbocycles. The molecule has 1 aromatic heterocycles. The highest BCUT2D eigenvalue weighted by Crippen LogP contribution is 2.33. The van der Waals surface area contributed by atoms with Crippen molar-refractivity contribution >= 4 is 17.6 Å². The molecule has 0 atom stereocenters. The minimum atomic E-state index is 0.562. The maximum absolute atomic E-state index is 6.25. The average molecular weight is 237 g/mol. The fourth-order valence-electron chi connectivity index (χ4n) is 2.81. The third-order valence-electron chi connectivity index (χ3n) is 3.76. The second-order valence-corrected chi connectivity index (χ2v) is 6.03. The topological polar surface area (TPSA) is 43.8 Å². The number of aromatic nitrogens is 2. The molecule has 1 aromatic rings. The predicted molar refractivity (Wildman–Crippen MR) is 68.9 cm³/mol. The van der Waals surface area contributed by atoms with E-state index in [1.165, 1.54) is 48.4 Å². The highest BCUT2D eigenvalue weighted by atomic mass is 32.2. The first-order valence-electron chi connectivity index (χ1n) is 6.30. The minimum absolute atomic E-state index is 0.562. The van der Waals surface area contributed by atoms with Crippen LogP contribution in [-0.2, 0) is 12.8 Å². The van der Waals surface area contributed by atoms with E-state index in [0.717, 1.165) is 18.7 Å². The van der Waals surface area contributed by atoms with Gasteiger partial charge in [0.25, 0.3) is 0 Å². The third kappa shape index (κ3) is 1.73. The summed E-state index contributed by atoms with van der Waals surface area (Å²) >= 11 is 2.05. The van der Waals surface area contributed by atoms with Crippen LogP contribution in [0.2, 0.25) is 0 Å². The molecule has 0 spiro atoms. The molecule has 0 unspecified atom stereocenters. The van der Waals surface area contributed by atoms with Crippen molar-refractivity contribution in [3.63, 3.8) is 0 Å². The second kappa shape index (κ2) is 4.32. The zero-order valence-electron chi connectivity index (χ0n) is 9.61. The Bertz CT molecular complexity index is 380. The molecule has 2 N–H and O–H groups in total. The summed E-state index contributed by atoms with van der Waals surface area (Å²) in [5.74, 6) is 3.48. The minimum Gasteiger partial charge on any atom is -0.384 e. The van der Waals surface area contributed by atoms with Gasteiger partial charge in [0.15, 0.2) is 0 Å². The molecule has 3 rings (SSSR count). The molecule has 2 heterocycles. The van der Waals surface area contributed by atoms with E-state index in [4.69, 9.17) is 10.8 Å². The van der Waals surface area contributed by atoms with Gasteiger partial charge in [-0.05, 0) is 50.0 Å². The molecular weight excluding hydrogens is 218 g/mol. The van der Waals surface area contributed by atoms with Crippen molar-refractivity contribution in [3.8, 4) is 0 Å². The number of hydrogen-bond acceptors (Lipinski definition) is 3. The summed E-state index contributed by atoms with van der Waals surface area (Å²) in [4.78, 5) is 0. The fourth-order valence-corrected chi connectivity index (χ4v) is 3.89. The van der Waals surface area contributed by atoms with Crippen molar-refractivity contribution in [1.82, 2.24) is 9.78 Å². The van der Waals surface area contributed by atoms with E-state index in [9.17, 15) is 0 Å². The van der Waals surface area contributed by atoms with E-state index in [1.54, 1.807) is 0 Å². The maximum Gasteiger partial charge on any atom is 0.125 e. The summed E-state index contributed by atoms with van der Waals surface area (Å²) in [5, 5.41) is 4.76. The number of anilines is 1. The van der Waals surface area contributed by atoms with Gasteiger partial charge >= 0.3 is 0 Å². The molecule has 16 heavy (non-hydrogen) atoms. The lowest BCUT2D eigenvalue weighted by molar-refractivity contribution is 0.429. The summed E-state index contributed by atoms with van der Waals surface area (Å²) in [6, 6.07) is 0.562. The van der Waals surface area contributed by atoms with Crippen LogP contribution in [0.25, 0.3) is 0 Å². The van der Waals surface area contributed by atoms with Crippen molar-refractivity contribution in [2.75, 3.05) is 17.2 Å². The smallest absolute Gasteiger partial charge is 0.125 e. The zero-order valence-corrected chi connectivity index (χ0v) is 10.4. The van der Waals surface area contributed by atoms with Gasteiger partial charge in [-0.3, -0.25) is 0 Å². The molecule has 1 fully saturated rings. The lowest BCUT2D eigenvalue weighted by Crippen LogP contribution is -2.18. The Hall–Kier alpha value is -0.640. The molecule has 88 valence electrons. The first-order chi connectivity index (χ1) is 7.86. The Morgan fingerprint density at radius 2 is 1.94 bits per heavy atom. The Morgan fingerprint density at radius 3 is 2.69 bits per heavy atom. The van der Waals surface area contributed by atoms with Crippen LogP contribution in [0.15, 0.2) is 0 Å². The standard InChI is InChI=1S/C12H19N3S/c13-12-10-3-1-2-4-11(10)14-15(12)9-5-7-16-8-6-9/h9H,1-8,13H2. The largest absolute Gasteiger partial charge is 0.384 e. The quantitative estimate of drug-likeness (QED) is 0.815. The van der Waals surface area contributed by atoms with Crippen LogP contribution in [-0.4, -0.2) is 21.3 Å². The van der Waals surface area contributed by atoms with Crippen molar-refractivity contribution in [3.05, 3.63) is 11.3 Å². The van der Waals surface area contributed by atoms with Gasteiger partial charge in [0.1, 0.15) is 5.82 Å². The van der Waals surface area contributed by atoms with Crippen LogP contribution >= 0.6 is 11.8 Å². The molecule has 2 aliphatic rings. The Morgan fingerprint density at radius 1 is 1.19 bits per heavy atom. The molecule has 0 aromatic carbocycles. The lowest BCUT2D eigenvalue weighted by Gasteiger charge is -2.22. The molecule has 4 heteroatoms. The molecule has 3 nitrogen and oxygen atoms in total. The molecule has 1 saturated heterocycles. The van der Waals surface area contributed by atoms with E-state index >= 15 is 0 Å². The van der Waals surface area contributed by atoms with E-state index < -0.39 is 0 Å². The highest BCUT2D eigenvalue weighted by Gasteiger charge is 2.24. The number of aryl methyl sites for hydroxylation is 1. The second-order valence-electron chi connectivity index (χ2n) is 4.81. The van der Waals surface area contributed by atoms with Gasteiger partial charge in [0.05, 0.1) is 11.7 Å². The molecule has 1 aliphatic heterocycles. The van der Waals surface area contributed by atoms with Gasteiger partial charge in [0, 0.05) is 5.56 Å². The van der Waals surface area contributed by atoms with Gasteiger partial charge in [-0.1, -0.05) is 0 Å². The zero-order chi connectivity index (χ0) is 11.0. The normalized spacial score (nSPS) is 22.0. The number of nitrogens with zero attached hydrogens (tertiary/aromatic N) is 2. The number of thioether (sulfide) groups is 1. The van der Waals surface area contributed by atoms with Crippen LogP contribution in [0.1, 0.15) is 43.0 Å². The number of fused-ring (bicyclic) bond motifs is 1. The van der Waals surface area contributed by atoms with E-state index in [2.05, 4.69) is 16.4 Å². The SMILES string of the molecule is Nc1c2c(nn1C1CCSCC1)CCCC2. The number of nitrogens with two attached hydrogens (primary N) is 1. The van der Waals surface area contributed by atoms with Gasteiger partial charge in [0.2, 0.25) is 0 Å². The Kier molecular flexibility index (Phi) is 2.84.